The second-order valence-electron chi connectivity index (χ2n) is 1.77. The SMILES string of the molecule is CN1CC=CC(N)=N1. The van der Waals surface area contributed by atoms with Crippen molar-refractivity contribution >= 4 is 5.84 Å². The molecule has 0 atom stereocenters. The summed E-state index contributed by atoms with van der Waals surface area (Å²) in [5, 5.41) is 5.71. The number of hydrazone groups is 1. The zero-order valence-electron chi connectivity index (χ0n) is 4.83. The first-order chi connectivity index (χ1) is 3.79. The van der Waals surface area contributed by atoms with E-state index >= 15 is 0 Å². The molecule has 0 fully saturated rings. The van der Waals surface area contributed by atoms with Crippen LogP contribution in [0.15, 0.2) is 17.3 Å². The van der Waals surface area contributed by atoms with E-state index in [4.69, 9.17) is 5.73 Å². The molecular weight excluding hydrogens is 102 g/mol. The average Bonchev–Trinajstić information content (AvgIpc) is 1.64. The molecule has 0 amide bonds. The Morgan fingerprint density at radius 2 is 2.62 bits per heavy atom. The van der Waals surface area contributed by atoms with Crippen molar-refractivity contribution in [1.82, 2.24) is 5.01 Å². The molecule has 3 heteroatoms. The van der Waals surface area contributed by atoms with E-state index in [2.05, 4.69) is 5.10 Å². The van der Waals surface area contributed by atoms with Crippen LogP contribution in [-0.2, 0) is 0 Å². The third-order valence-corrected chi connectivity index (χ3v) is 0.944. The average molecular weight is 111 g/mol. The Morgan fingerprint density at radius 3 is 3.00 bits per heavy atom. The van der Waals surface area contributed by atoms with Gasteiger partial charge in [0.05, 0.1) is 6.54 Å². The Balaban J connectivity index is 2.63. The second kappa shape index (κ2) is 1.86. The number of hydrogen-bond donors (Lipinski definition) is 1. The van der Waals surface area contributed by atoms with E-state index in [9.17, 15) is 0 Å². The van der Waals surface area contributed by atoms with Gasteiger partial charge in [0.2, 0.25) is 0 Å². The Hall–Kier alpha value is -0.990. The van der Waals surface area contributed by atoms with Gasteiger partial charge in [-0.25, -0.2) is 0 Å². The summed E-state index contributed by atoms with van der Waals surface area (Å²) in [5.74, 6) is 0.582. The standard InChI is InChI=1S/C5H9N3/c1-8-4-2-3-5(6)7-8/h2-3H,4H2,1H3,(H2,6,7). The Kier molecular flexibility index (Phi) is 1.20. The van der Waals surface area contributed by atoms with Crippen LogP contribution in [-0.4, -0.2) is 24.4 Å². The summed E-state index contributed by atoms with van der Waals surface area (Å²) < 4.78 is 0. The van der Waals surface area contributed by atoms with Crippen molar-refractivity contribution in [3.8, 4) is 0 Å². The van der Waals surface area contributed by atoms with Gasteiger partial charge in [-0.3, -0.25) is 5.01 Å². The fourth-order valence-electron chi connectivity index (χ4n) is 0.597. The quantitative estimate of drug-likeness (QED) is 0.468. The van der Waals surface area contributed by atoms with Gasteiger partial charge in [0, 0.05) is 7.05 Å². The fraction of sp³-hybridized carbons (Fsp3) is 0.400. The predicted octanol–water partition coefficient (Wildman–Crippen LogP) is -0.240. The number of nitrogens with two attached hydrogens (primary N) is 1. The van der Waals surface area contributed by atoms with Crippen LogP contribution in [0.1, 0.15) is 0 Å². The maximum absolute atomic E-state index is 5.35. The van der Waals surface area contributed by atoms with Crippen LogP contribution >= 0.6 is 0 Å². The number of likely N-dealkylation sites (N-methyl/N-ethyl adjacent to an activating group) is 1. The molecule has 44 valence electrons. The highest BCUT2D eigenvalue weighted by Crippen LogP contribution is 1.91. The van der Waals surface area contributed by atoms with Crippen LogP contribution in [0.4, 0.5) is 0 Å². The van der Waals surface area contributed by atoms with Crippen molar-refractivity contribution in [2.75, 3.05) is 13.6 Å². The van der Waals surface area contributed by atoms with Gasteiger partial charge < -0.3 is 5.73 Å². The smallest absolute Gasteiger partial charge is 0.143 e. The van der Waals surface area contributed by atoms with Crippen LogP contribution in [0.5, 0.6) is 0 Å². The Labute approximate surface area is 48.5 Å². The van der Waals surface area contributed by atoms with E-state index in [0.29, 0.717) is 5.84 Å². The first-order valence-electron chi connectivity index (χ1n) is 2.51. The molecule has 0 aromatic carbocycles. The first kappa shape index (κ1) is 5.15. The molecule has 0 aromatic rings. The minimum Gasteiger partial charge on any atom is -0.382 e. The molecule has 1 aliphatic heterocycles. The van der Waals surface area contributed by atoms with Gasteiger partial charge in [-0.1, -0.05) is 6.08 Å². The lowest BCUT2D eigenvalue weighted by molar-refractivity contribution is 0.390. The summed E-state index contributed by atoms with van der Waals surface area (Å²) in [6, 6.07) is 0. The number of hydrogen-bond acceptors (Lipinski definition) is 3. The molecule has 1 aliphatic rings. The van der Waals surface area contributed by atoms with Crippen molar-refractivity contribution in [1.29, 1.82) is 0 Å². The highest BCUT2D eigenvalue weighted by atomic mass is 15.4. The third kappa shape index (κ3) is 0.992. The maximum atomic E-state index is 5.35. The minimum atomic E-state index is 0.582. The second-order valence-corrected chi connectivity index (χ2v) is 1.77. The minimum absolute atomic E-state index is 0.582. The van der Waals surface area contributed by atoms with Crippen LogP contribution in [0, 0.1) is 0 Å². The molecule has 0 spiro atoms. The molecule has 0 saturated carbocycles. The topological polar surface area (TPSA) is 41.6 Å². The molecule has 1 heterocycles. The molecule has 0 bridgehead atoms. The monoisotopic (exact) mass is 111 g/mol. The summed E-state index contributed by atoms with van der Waals surface area (Å²) >= 11 is 0. The van der Waals surface area contributed by atoms with Crippen LogP contribution in [0.2, 0.25) is 0 Å². The lowest BCUT2D eigenvalue weighted by atomic mass is 10.4. The molecule has 8 heavy (non-hydrogen) atoms. The molecule has 0 aliphatic carbocycles. The van der Waals surface area contributed by atoms with Gasteiger partial charge in [-0.15, -0.1) is 0 Å². The van der Waals surface area contributed by atoms with Crippen molar-refractivity contribution < 1.29 is 0 Å². The molecule has 0 aromatic heterocycles. The van der Waals surface area contributed by atoms with E-state index in [0.717, 1.165) is 6.54 Å². The van der Waals surface area contributed by atoms with E-state index in [1.807, 2.05) is 13.1 Å². The summed E-state index contributed by atoms with van der Waals surface area (Å²) in [6.07, 6.45) is 3.78. The van der Waals surface area contributed by atoms with Crippen LogP contribution in [0.3, 0.4) is 0 Å². The molecule has 0 unspecified atom stereocenters. The normalized spacial score (nSPS) is 18.6. The molecule has 2 N–H and O–H groups in total. The largest absolute Gasteiger partial charge is 0.382 e. The summed E-state index contributed by atoms with van der Waals surface area (Å²) in [7, 11) is 1.89. The van der Waals surface area contributed by atoms with Crippen LogP contribution in [0.25, 0.3) is 0 Å². The summed E-state index contributed by atoms with van der Waals surface area (Å²) in [6.45, 7) is 0.862. The molecular formula is C5H9N3. The predicted molar refractivity (Wildman–Crippen MR) is 33.4 cm³/mol. The van der Waals surface area contributed by atoms with Gasteiger partial charge in [-0.2, -0.15) is 5.10 Å². The van der Waals surface area contributed by atoms with E-state index in [1.54, 1.807) is 11.1 Å². The number of nitrogens with zero attached hydrogens (tertiary/aromatic N) is 2. The Bertz CT molecular complexity index is 137. The molecule has 1 rings (SSSR count). The maximum Gasteiger partial charge on any atom is 0.143 e. The molecule has 0 radical (unpaired) electrons. The van der Waals surface area contributed by atoms with Crippen molar-refractivity contribution in [3.05, 3.63) is 12.2 Å². The van der Waals surface area contributed by atoms with E-state index < -0.39 is 0 Å². The van der Waals surface area contributed by atoms with Crippen molar-refractivity contribution in [2.45, 2.75) is 0 Å². The van der Waals surface area contributed by atoms with Gasteiger partial charge in [0.25, 0.3) is 0 Å². The lowest BCUT2D eigenvalue weighted by Crippen LogP contribution is -2.22. The zero-order valence-corrected chi connectivity index (χ0v) is 4.83. The van der Waals surface area contributed by atoms with Gasteiger partial charge in [0.15, 0.2) is 0 Å². The van der Waals surface area contributed by atoms with E-state index in [-0.39, 0.29) is 0 Å². The summed E-state index contributed by atoms with van der Waals surface area (Å²) in [4.78, 5) is 0. The zero-order chi connectivity index (χ0) is 5.98. The highest BCUT2D eigenvalue weighted by molar-refractivity contribution is 5.91. The number of rotatable bonds is 0. The fourth-order valence-corrected chi connectivity index (χ4v) is 0.597. The van der Waals surface area contributed by atoms with Gasteiger partial charge in [-0.05, 0) is 6.08 Å². The highest BCUT2D eigenvalue weighted by Gasteiger charge is 1.95. The lowest BCUT2D eigenvalue weighted by Gasteiger charge is -2.13. The Morgan fingerprint density at radius 1 is 1.88 bits per heavy atom. The first-order valence-corrected chi connectivity index (χ1v) is 2.51. The van der Waals surface area contributed by atoms with Crippen molar-refractivity contribution in [3.63, 3.8) is 0 Å². The summed E-state index contributed by atoms with van der Waals surface area (Å²) in [5.41, 5.74) is 5.35. The third-order valence-electron chi connectivity index (χ3n) is 0.944. The van der Waals surface area contributed by atoms with Gasteiger partial charge in [0.1, 0.15) is 5.84 Å². The van der Waals surface area contributed by atoms with Crippen LogP contribution < -0.4 is 5.73 Å². The van der Waals surface area contributed by atoms with E-state index in [1.165, 1.54) is 0 Å². The molecule has 0 saturated heterocycles. The molecule has 3 nitrogen and oxygen atoms in total. The van der Waals surface area contributed by atoms with Crippen molar-refractivity contribution in [2.24, 2.45) is 10.8 Å². The number of amidine groups is 1. The van der Waals surface area contributed by atoms with Gasteiger partial charge >= 0.3 is 0 Å².